The van der Waals surface area contributed by atoms with Crippen molar-refractivity contribution in [2.24, 2.45) is 5.92 Å². The normalized spacial score (nSPS) is 23.2. The molecule has 1 unspecified atom stereocenters. The molecule has 1 amide bonds. The van der Waals surface area contributed by atoms with E-state index in [0.717, 1.165) is 36.1 Å². The second-order valence-electron chi connectivity index (χ2n) is 4.79. The molecule has 1 aromatic rings. The predicted octanol–water partition coefficient (Wildman–Crippen LogP) is 2.91. The SMILES string of the molecule is Cl.O=C1Nc2cc(Br)ccc2C1C1CCNCC1. The van der Waals surface area contributed by atoms with Gasteiger partial charge in [0.05, 0.1) is 5.92 Å². The molecule has 0 aromatic heterocycles. The Kier molecular flexibility index (Phi) is 4.30. The van der Waals surface area contributed by atoms with E-state index >= 15 is 0 Å². The Morgan fingerprint density at radius 3 is 2.67 bits per heavy atom. The number of nitrogens with one attached hydrogen (secondary N) is 2. The van der Waals surface area contributed by atoms with Crippen molar-refractivity contribution in [3.05, 3.63) is 28.2 Å². The summed E-state index contributed by atoms with van der Waals surface area (Å²) in [7, 11) is 0. The molecule has 18 heavy (non-hydrogen) atoms. The Morgan fingerprint density at radius 1 is 1.22 bits per heavy atom. The molecular formula is C13H16BrClN2O. The number of anilines is 1. The fourth-order valence-electron chi connectivity index (χ4n) is 2.91. The Bertz CT molecular complexity index is 460. The summed E-state index contributed by atoms with van der Waals surface area (Å²) in [6, 6.07) is 6.09. The summed E-state index contributed by atoms with van der Waals surface area (Å²) in [5.74, 6) is 0.712. The molecule has 0 bridgehead atoms. The molecule has 2 aliphatic heterocycles. The second-order valence-corrected chi connectivity index (χ2v) is 5.70. The van der Waals surface area contributed by atoms with E-state index in [1.807, 2.05) is 12.1 Å². The standard InChI is InChI=1S/C13H15BrN2O.ClH/c14-9-1-2-10-11(7-9)16-13(17)12(10)8-3-5-15-6-4-8;/h1-2,7-8,12,15H,3-6H2,(H,16,17);1H. The van der Waals surface area contributed by atoms with Gasteiger partial charge in [0.1, 0.15) is 0 Å². The molecular weight excluding hydrogens is 316 g/mol. The quantitative estimate of drug-likeness (QED) is 0.831. The number of halogens is 2. The summed E-state index contributed by atoms with van der Waals surface area (Å²) >= 11 is 3.44. The fourth-order valence-corrected chi connectivity index (χ4v) is 3.27. The highest BCUT2D eigenvalue weighted by molar-refractivity contribution is 9.10. The molecule has 0 radical (unpaired) electrons. The molecule has 1 atom stereocenters. The lowest BCUT2D eigenvalue weighted by Gasteiger charge is -2.26. The topological polar surface area (TPSA) is 41.1 Å². The zero-order valence-corrected chi connectivity index (χ0v) is 12.3. The minimum Gasteiger partial charge on any atom is -0.325 e. The van der Waals surface area contributed by atoms with Crippen LogP contribution in [0.15, 0.2) is 22.7 Å². The molecule has 2 N–H and O–H groups in total. The van der Waals surface area contributed by atoms with Crippen LogP contribution in [0.1, 0.15) is 24.3 Å². The van der Waals surface area contributed by atoms with Crippen molar-refractivity contribution in [1.29, 1.82) is 0 Å². The highest BCUT2D eigenvalue weighted by Crippen LogP contribution is 2.41. The van der Waals surface area contributed by atoms with Gasteiger partial charge in [-0.1, -0.05) is 22.0 Å². The van der Waals surface area contributed by atoms with Crippen molar-refractivity contribution >= 4 is 39.9 Å². The van der Waals surface area contributed by atoms with Gasteiger partial charge in [-0.25, -0.2) is 0 Å². The van der Waals surface area contributed by atoms with E-state index < -0.39 is 0 Å². The average Bonchev–Trinajstić information content (AvgIpc) is 2.65. The van der Waals surface area contributed by atoms with Crippen LogP contribution in [0.2, 0.25) is 0 Å². The van der Waals surface area contributed by atoms with E-state index in [0.29, 0.717) is 5.92 Å². The first kappa shape index (κ1) is 13.8. The van der Waals surface area contributed by atoms with Gasteiger partial charge in [0.15, 0.2) is 0 Å². The number of amides is 1. The van der Waals surface area contributed by atoms with E-state index in [1.54, 1.807) is 0 Å². The van der Waals surface area contributed by atoms with Crippen LogP contribution in [-0.2, 0) is 4.79 Å². The van der Waals surface area contributed by atoms with E-state index in [1.165, 1.54) is 5.56 Å². The van der Waals surface area contributed by atoms with Gasteiger partial charge in [-0.15, -0.1) is 12.4 Å². The number of carbonyl (C=O) groups is 1. The van der Waals surface area contributed by atoms with Gasteiger partial charge in [-0.2, -0.15) is 0 Å². The zero-order valence-electron chi connectivity index (χ0n) is 9.91. The van der Waals surface area contributed by atoms with E-state index in [9.17, 15) is 4.79 Å². The highest BCUT2D eigenvalue weighted by atomic mass is 79.9. The largest absolute Gasteiger partial charge is 0.325 e. The van der Waals surface area contributed by atoms with Crippen LogP contribution < -0.4 is 10.6 Å². The first-order chi connectivity index (χ1) is 8.25. The lowest BCUT2D eigenvalue weighted by Crippen LogP contribution is -2.33. The molecule has 0 aliphatic carbocycles. The van der Waals surface area contributed by atoms with E-state index in [4.69, 9.17) is 0 Å². The third-order valence-corrected chi connectivity index (χ3v) is 4.24. The maximum absolute atomic E-state index is 12.1. The molecule has 2 aliphatic rings. The third-order valence-electron chi connectivity index (χ3n) is 3.75. The maximum Gasteiger partial charge on any atom is 0.232 e. The molecule has 1 aromatic carbocycles. The number of piperidine rings is 1. The summed E-state index contributed by atoms with van der Waals surface area (Å²) in [6.45, 7) is 2.06. The molecule has 98 valence electrons. The van der Waals surface area contributed by atoms with Crippen LogP contribution in [0.5, 0.6) is 0 Å². The first-order valence-electron chi connectivity index (χ1n) is 6.07. The van der Waals surface area contributed by atoms with Crippen molar-refractivity contribution in [3.8, 4) is 0 Å². The minimum atomic E-state index is 0. The van der Waals surface area contributed by atoms with Gasteiger partial charge in [0.25, 0.3) is 0 Å². The number of benzene rings is 1. The van der Waals surface area contributed by atoms with E-state index in [2.05, 4.69) is 32.6 Å². The molecule has 0 spiro atoms. The molecule has 3 nitrogen and oxygen atoms in total. The fraction of sp³-hybridized carbons (Fsp3) is 0.462. The van der Waals surface area contributed by atoms with Crippen molar-refractivity contribution in [3.63, 3.8) is 0 Å². The third kappa shape index (κ3) is 2.42. The highest BCUT2D eigenvalue weighted by Gasteiger charge is 2.37. The average molecular weight is 332 g/mol. The lowest BCUT2D eigenvalue weighted by atomic mass is 9.81. The maximum atomic E-state index is 12.1. The summed E-state index contributed by atoms with van der Waals surface area (Å²) in [6.07, 6.45) is 2.18. The lowest BCUT2D eigenvalue weighted by molar-refractivity contribution is -0.118. The first-order valence-corrected chi connectivity index (χ1v) is 6.86. The molecule has 2 heterocycles. The molecule has 0 saturated carbocycles. The van der Waals surface area contributed by atoms with Crippen molar-refractivity contribution in [2.75, 3.05) is 18.4 Å². The number of hydrogen-bond acceptors (Lipinski definition) is 2. The van der Waals surface area contributed by atoms with Crippen LogP contribution in [0.3, 0.4) is 0 Å². The summed E-state index contributed by atoms with van der Waals surface area (Å²) in [5.41, 5.74) is 2.15. The van der Waals surface area contributed by atoms with Gasteiger partial charge in [0.2, 0.25) is 5.91 Å². The Labute approximate surface area is 121 Å². The van der Waals surface area contributed by atoms with Crippen LogP contribution in [0, 0.1) is 5.92 Å². The van der Waals surface area contributed by atoms with Crippen LogP contribution in [-0.4, -0.2) is 19.0 Å². The van der Waals surface area contributed by atoms with Crippen LogP contribution in [0.25, 0.3) is 0 Å². The molecule has 1 fully saturated rings. The molecule has 5 heteroatoms. The Morgan fingerprint density at radius 2 is 1.94 bits per heavy atom. The predicted molar refractivity (Wildman–Crippen MR) is 78.4 cm³/mol. The summed E-state index contributed by atoms with van der Waals surface area (Å²) < 4.78 is 1.02. The second kappa shape index (κ2) is 5.59. The smallest absolute Gasteiger partial charge is 0.232 e. The Balaban J connectivity index is 0.00000120. The Hall–Kier alpha value is -0.580. The number of carbonyl (C=O) groups excluding carboxylic acids is 1. The van der Waals surface area contributed by atoms with Gasteiger partial charge >= 0.3 is 0 Å². The van der Waals surface area contributed by atoms with Crippen molar-refractivity contribution in [2.45, 2.75) is 18.8 Å². The summed E-state index contributed by atoms with van der Waals surface area (Å²) in [4.78, 5) is 12.1. The van der Waals surface area contributed by atoms with Crippen LogP contribution in [0.4, 0.5) is 5.69 Å². The number of rotatable bonds is 1. The van der Waals surface area contributed by atoms with Crippen molar-refractivity contribution < 1.29 is 4.79 Å². The monoisotopic (exact) mass is 330 g/mol. The van der Waals surface area contributed by atoms with Crippen molar-refractivity contribution in [1.82, 2.24) is 5.32 Å². The van der Waals surface area contributed by atoms with Gasteiger partial charge < -0.3 is 10.6 Å². The van der Waals surface area contributed by atoms with Gasteiger partial charge in [-0.05, 0) is 49.5 Å². The van der Waals surface area contributed by atoms with Gasteiger partial charge in [-0.3, -0.25) is 4.79 Å². The summed E-state index contributed by atoms with van der Waals surface area (Å²) in [5, 5.41) is 6.34. The number of fused-ring (bicyclic) bond motifs is 1. The number of hydrogen-bond donors (Lipinski definition) is 2. The minimum absolute atomic E-state index is 0. The van der Waals surface area contributed by atoms with Crippen LogP contribution >= 0.6 is 28.3 Å². The molecule has 3 rings (SSSR count). The van der Waals surface area contributed by atoms with Gasteiger partial charge in [0, 0.05) is 10.2 Å². The molecule has 1 saturated heterocycles. The van der Waals surface area contributed by atoms with E-state index in [-0.39, 0.29) is 24.2 Å². The zero-order chi connectivity index (χ0) is 11.8.